The minimum atomic E-state index is -0.680. The molecule has 0 spiro atoms. The van der Waals surface area contributed by atoms with E-state index in [0.717, 1.165) is 59.4 Å². The smallest absolute Gasteiger partial charge is 0.310 e. The van der Waals surface area contributed by atoms with Gasteiger partial charge in [0.05, 0.1) is 19.1 Å². The number of esters is 1. The maximum absolute atomic E-state index is 11.8. The summed E-state index contributed by atoms with van der Waals surface area (Å²) >= 11 is 1.92. The van der Waals surface area contributed by atoms with Crippen molar-refractivity contribution in [2.75, 3.05) is 18.6 Å². The third-order valence-corrected chi connectivity index (χ3v) is 9.41. The molecule has 0 unspecified atom stereocenters. The van der Waals surface area contributed by atoms with E-state index >= 15 is 0 Å². The zero-order valence-electron chi connectivity index (χ0n) is 23.9. The van der Waals surface area contributed by atoms with Gasteiger partial charge in [0.2, 0.25) is 0 Å². The van der Waals surface area contributed by atoms with E-state index in [2.05, 4.69) is 75.2 Å². The van der Waals surface area contributed by atoms with Crippen molar-refractivity contribution in [2.45, 2.75) is 70.8 Å². The number of benzene rings is 2. The zero-order valence-corrected chi connectivity index (χ0v) is 24.7. The van der Waals surface area contributed by atoms with Crippen LogP contribution in [0.1, 0.15) is 72.9 Å². The number of aliphatic hydroxyl groups is 1. The minimum absolute atomic E-state index is 0.0972. The van der Waals surface area contributed by atoms with Gasteiger partial charge in [-0.1, -0.05) is 62.4 Å². The first-order valence-corrected chi connectivity index (χ1v) is 15.1. The van der Waals surface area contributed by atoms with E-state index in [-0.39, 0.29) is 17.8 Å². The molecule has 2 heterocycles. The van der Waals surface area contributed by atoms with Gasteiger partial charge in [-0.3, -0.25) is 9.78 Å². The van der Waals surface area contributed by atoms with Crippen LogP contribution in [0.25, 0.3) is 17.2 Å². The summed E-state index contributed by atoms with van der Waals surface area (Å²) in [5, 5.41) is 10.9. The van der Waals surface area contributed by atoms with Crippen molar-refractivity contribution in [3.05, 3.63) is 94.3 Å². The summed E-state index contributed by atoms with van der Waals surface area (Å²) in [5.74, 6) is 1.77. The van der Waals surface area contributed by atoms with Crippen LogP contribution in [-0.4, -0.2) is 40.3 Å². The molecule has 206 valence electrons. The van der Waals surface area contributed by atoms with E-state index in [1.54, 1.807) is 6.20 Å². The molecule has 0 saturated carbocycles. The Morgan fingerprint density at radius 1 is 1.03 bits per heavy atom. The average Bonchev–Trinajstić information content (AvgIpc) is 2.94. The van der Waals surface area contributed by atoms with Crippen LogP contribution in [0.2, 0.25) is 0 Å². The fourth-order valence-corrected chi connectivity index (χ4v) is 6.99. The minimum Gasteiger partial charge on any atom is -0.469 e. The number of aryl methyl sites for hydroxylation is 2. The number of pyridine rings is 1. The van der Waals surface area contributed by atoms with Crippen LogP contribution in [-0.2, 0) is 21.4 Å². The summed E-state index contributed by atoms with van der Waals surface area (Å²) in [7, 11) is 1.41. The summed E-state index contributed by atoms with van der Waals surface area (Å²) in [6, 6.07) is 15.6. The third kappa shape index (κ3) is 6.47. The summed E-state index contributed by atoms with van der Waals surface area (Å²) in [5.41, 5.74) is 8.40. The quantitative estimate of drug-likeness (QED) is 0.284. The summed E-state index contributed by atoms with van der Waals surface area (Å²) in [4.78, 5) is 16.1. The molecule has 0 amide bonds. The van der Waals surface area contributed by atoms with Gasteiger partial charge in [0, 0.05) is 23.4 Å². The maximum atomic E-state index is 11.8. The lowest BCUT2D eigenvalue weighted by Gasteiger charge is -2.34. The van der Waals surface area contributed by atoms with Crippen LogP contribution in [0.15, 0.2) is 60.9 Å². The fraction of sp³-hybridized carbons (Fsp3) is 0.412. The van der Waals surface area contributed by atoms with Gasteiger partial charge >= 0.3 is 5.97 Å². The largest absolute Gasteiger partial charge is 0.469 e. The Balaban J connectivity index is 1.64. The molecule has 1 aromatic heterocycles. The summed E-state index contributed by atoms with van der Waals surface area (Å²) in [6.07, 6.45) is 11.5. The molecule has 1 aliphatic rings. The van der Waals surface area contributed by atoms with E-state index in [1.807, 2.05) is 30.1 Å². The number of nitrogens with zero attached hydrogens (tertiary/aromatic N) is 1. The van der Waals surface area contributed by atoms with Gasteiger partial charge in [-0.15, -0.1) is 0 Å². The van der Waals surface area contributed by atoms with Crippen molar-refractivity contribution in [1.29, 1.82) is 0 Å². The number of carbonyl (C=O) groups is 1. The van der Waals surface area contributed by atoms with Crippen LogP contribution in [0.3, 0.4) is 0 Å². The van der Waals surface area contributed by atoms with Gasteiger partial charge < -0.3 is 9.84 Å². The van der Waals surface area contributed by atoms with Gasteiger partial charge in [-0.05, 0) is 96.0 Å². The zero-order chi connectivity index (χ0) is 28.0. The van der Waals surface area contributed by atoms with E-state index in [4.69, 9.17) is 4.74 Å². The molecule has 0 aliphatic carbocycles. The standard InChI is InChI=1S/C34H41NO3S/c1-6-34(7-2,29-9-8-27(24(3)18-29)12-13-33(37)14-16-39-17-15-33)30-10-11-31(25(4)19-30)28-20-26(22-35-23-28)21-32(36)38-5/h8-13,18-20,22-23,37H,6-7,14-17,21H2,1-5H3. The number of rotatable bonds is 9. The van der Waals surface area contributed by atoms with Gasteiger partial charge in [-0.2, -0.15) is 11.8 Å². The molecular formula is C34H41NO3S. The SMILES string of the molecule is CCC(CC)(c1ccc(C=CC2(O)CCSCC2)c(C)c1)c1ccc(-c2cncc(CC(=O)OC)c2)c(C)c1. The van der Waals surface area contributed by atoms with E-state index < -0.39 is 5.60 Å². The predicted octanol–water partition coefficient (Wildman–Crippen LogP) is 7.46. The predicted molar refractivity (Wildman–Crippen MR) is 163 cm³/mol. The lowest BCUT2D eigenvalue weighted by molar-refractivity contribution is -0.139. The second-order valence-corrected chi connectivity index (χ2v) is 12.0. The third-order valence-electron chi connectivity index (χ3n) is 8.42. The van der Waals surface area contributed by atoms with Gasteiger partial charge in [-0.25, -0.2) is 0 Å². The summed E-state index contributed by atoms with van der Waals surface area (Å²) < 4.78 is 4.82. The Morgan fingerprint density at radius 3 is 2.31 bits per heavy atom. The Hall–Kier alpha value is -2.89. The normalized spacial score (nSPS) is 15.4. The highest BCUT2D eigenvalue weighted by molar-refractivity contribution is 7.99. The van der Waals surface area contributed by atoms with Crippen molar-refractivity contribution in [1.82, 2.24) is 4.98 Å². The molecule has 4 rings (SSSR count). The lowest BCUT2D eigenvalue weighted by Crippen LogP contribution is -2.30. The summed E-state index contributed by atoms with van der Waals surface area (Å²) in [6.45, 7) is 8.86. The molecule has 0 atom stereocenters. The molecule has 39 heavy (non-hydrogen) atoms. The van der Waals surface area contributed by atoms with Crippen LogP contribution in [0.4, 0.5) is 0 Å². The van der Waals surface area contributed by atoms with Crippen LogP contribution >= 0.6 is 11.8 Å². The van der Waals surface area contributed by atoms with Crippen molar-refractivity contribution in [3.63, 3.8) is 0 Å². The number of aromatic nitrogens is 1. The Bertz CT molecular complexity index is 1340. The number of methoxy groups -OCH3 is 1. The number of carbonyl (C=O) groups excluding carboxylic acids is 1. The molecular weight excluding hydrogens is 502 g/mol. The first kappa shape index (κ1) is 29.1. The maximum Gasteiger partial charge on any atom is 0.310 e. The van der Waals surface area contributed by atoms with Crippen LogP contribution < -0.4 is 0 Å². The average molecular weight is 544 g/mol. The molecule has 0 bridgehead atoms. The lowest BCUT2D eigenvalue weighted by atomic mass is 9.69. The van der Waals surface area contributed by atoms with E-state index in [0.29, 0.717) is 0 Å². The molecule has 1 aliphatic heterocycles. The van der Waals surface area contributed by atoms with Gasteiger partial charge in [0.1, 0.15) is 0 Å². The molecule has 3 aromatic rings. The molecule has 1 saturated heterocycles. The van der Waals surface area contributed by atoms with Crippen molar-refractivity contribution < 1.29 is 14.6 Å². The fourth-order valence-electron chi connectivity index (χ4n) is 5.79. The van der Waals surface area contributed by atoms with Gasteiger partial charge in [0.25, 0.3) is 0 Å². The number of hydrogen-bond donors (Lipinski definition) is 1. The first-order chi connectivity index (χ1) is 18.7. The monoisotopic (exact) mass is 543 g/mol. The topological polar surface area (TPSA) is 59.4 Å². The van der Waals surface area contributed by atoms with Crippen LogP contribution in [0, 0.1) is 13.8 Å². The highest BCUT2D eigenvalue weighted by atomic mass is 32.2. The highest BCUT2D eigenvalue weighted by Crippen LogP contribution is 2.41. The molecule has 4 nitrogen and oxygen atoms in total. The molecule has 2 aromatic carbocycles. The second kappa shape index (κ2) is 12.5. The first-order valence-electron chi connectivity index (χ1n) is 14.0. The Labute approximate surface area is 237 Å². The number of hydrogen-bond acceptors (Lipinski definition) is 5. The van der Waals surface area contributed by atoms with Crippen molar-refractivity contribution in [3.8, 4) is 11.1 Å². The number of ether oxygens (including phenoxy) is 1. The van der Waals surface area contributed by atoms with Crippen molar-refractivity contribution >= 4 is 23.8 Å². The number of thioether (sulfide) groups is 1. The van der Waals surface area contributed by atoms with E-state index in [1.165, 1.54) is 29.4 Å². The van der Waals surface area contributed by atoms with E-state index in [9.17, 15) is 9.90 Å². The second-order valence-electron chi connectivity index (χ2n) is 10.8. The molecule has 5 heteroatoms. The molecule has 1 fully saturated rings. The molecule has 0 radical (unpaired) electrons. The Kier molecular flexibility index (Phi) is 9.35. The van der Waals surface area contributed by atoms with Crippen LogP contribution in [0.5, 0.6) is 0 Å². The van der Waals surface area contributed by atoms with Gasteiger partial charge in [0.15, 0.2) is 0 Å². The van der Waals surface area contributed by atoms with Crippen molar-refractivity contribution in [2.24, 2.45) is 0 Å². The molecule has 1 N–H and O–H groups in total. The highest BCUT2D eigenvalue weighted by Gasteiger charge is 2.31. The Morgan fingerprint density at radius 2 is 1.69 bits per heavy atom.